The van der Waals surface area contributed by atoms with E-state index in [1.54, 1.807) is 0 Å². The molecular formula is C12H14N2S3. The minimum Gasteiger partial charge on any atom is -0.399 e. The summed E-state index contributed by atoms with van der Waals surface area (Å²) in [6.07, 6.45) is 2.42. The van der Waals surface area contributed by atoms with Crippen LogP contribution in [0.4, 0.5) is 5.69 Å². The molecule has 4 N–H and O–H groups in total. The molecule has 0 saturated heterocycles. The van der Waals surface area contributed by atoms with E-state index in [1.165, 1.54) is 0 Å². The molecule has 2 nitrogen and oxygen atoms in total. The number of rotatable bonds is 1. The van der Waals surface area contributed by atoms with Gasteiger partial charge in [-0.3, -0.25) is 0 Å². The van der Waals surface area contributed by atoms with E-state index in [9.17, 15) is 0 Å². The van der Waals surface area contributed by atoms with Crippen molar-refractivity contribution in [1.82, 2.24) is 0 Å². The average Bonchev–Trinajstić information content (AvgIpc) is 2.18. The van der Waals surface area contributed by atoms with Crippen LogP contribution in [0.1, 0.15) is 12.0 Å². The monoisotopic (exact) mass is 282 g/mol. The fourth-order valence-electron chi connectivity index (χ4n) is 1.83. The van der Waals surface area contributed by atoms with E-state index < -0.39 is 4.87 Å². The molecule has 1 aromatic rings. The van der Waals surface area contributed by atoms with E-state index in [1.807, 2.05) is 30.3 Å². The minimum absolute atomic E-state index is 0.586. The number of hydrogen-bond donors (Lipinski definition) is 5. The van der Waals surface area contributed by atoms with Crippen molar-refractivity contribution in [2.45, 2.75) is 11.3 Å². The van der Waals surface area contributed by atoms with E-state index in [4.69, 9.17) is 11.5 Å². The molecule has 0 spiro atoms. The molecule has 0 bridgehead atoms. The second-order valence-corrected chi connectivity index (χ2v) is 6.00. The zero-order valence-corrected chi connectivity index (χ0v) is 11.8. The van der Waals surface area contributed by atoms with E-state index in [0.29, 0.717) is 6.42 Å². The summed E-state index contributed by atoms with van der Waals surface area (Å²) in [6.45, 7) is 0. The molecule has 2 rings (SSSR count). The molecule has 1 atom stereocenters. The number of anilines is 1. The Labute approximate surface area is 117 Å². The summed E-state index contributed by atoms with van der Waals surface area (Å²) in [5.41, 5.74) is 14.4. The molecule has 5 heteroatoms. The first-order chi connectivity index (χ1) is 7.89. The largest absolute Gasteiger partial charge is 0.399 e. The smallest absolute Gasteiger partial charge is 0.0837 e. The van der Waals surface area contributed by atoms with Gasteiger partial charge in [-0.05, 0) is 28.7 Å². The number of thiol groups is 3. The van der Waals surface area contributed by atoms with Crippen LogP contribution in [0.5, 0.6) is 0 Å². The second-order valence-electron chi connectivity index (χ2n) is 4.14. The maximum absolute atomic E-state index is 5.96. The summed E-state index contributed by atoms with van der Waals surface area (Å²) < 4.78 is 0. The highest BCUT2D eigenvalue weighted by molar-refractivity contribution is 7.87. The van der Waals surface area contributed by atoms with Gasteiger partial charge >= 0.3 is 0 Å². The number of benzene rings is 1. The van der Waals surface area contributed by atoms with Crippen LogP contribution >= 0.6 is 37.9 Å². The van der Waals surface area contributed by atoms with Crippen molar-refractivity contribution >= 4 is 49.1 Å². The molecule has 90 valence electrons. The second kappa shape index (κ2) is 4.65. The zero-order chi connectivity index (χ0) is 12.6. The fraction of sp³-hybridized carbons (Fsp3) is 0.167. The molecule has 1 aliphatic carbocycles. The van der Waals surface area contributed by atoms with Gasteiger partial charge in [0.1, 0.15) is 0 Å². The van der Waals surface area contributed by atoms with Gasteiger partial charge in [0.05, 0.1) is 4.87 Å². The minimum atomic E-state index is -0.675. The van der Waals surface area contributed by atoms with Gasteiger partial charge in [0.2, 0.25) is 0 Å². The van der Waals surface area contributed by atoms with E-state index in [2.05, 4.69) is 37.9 Å². The SMILES string of the molecule is Nc1ccc(C2=C(S)CC(N)(S)C=C2S)cc1. The van der Waals surface area contributed by atoms with Crippen molar-refractivity contribution in [2.75, 3.05) is 5.73 Å². The highest BCUT2D eigenvalue weighted by Gasteiger charge is 2.26. The molecule has 1 aromatic carbocycles. The molecule has 0 saturated carbocycles. The molecule has 0 amide bonds. The van der Waals surface area contributed by atoms with Crippen molar-refractivity contribution in [3.8, 4) is 0 Å². The average molecular weight is 282 g/mol. The highest BCUT2D eigenvalue weighted by atomic mass is 32.1. The number of allylic oxidation sites excluding steroid dienone is 1. The highest BCUT2D eigenvalue weighted by Crippen LogP contribution is 2.41. The number of nitrogens with two attached hydrogens (primary N) is 2. The van der Waals surface area contributed by atoms with Crippen LogP contribution in [-0.2, 0) is 0 Å². The molecule has 0 aromatic heterocycles. The number of hydrogen-bond acceptors (Lipinski definition) is 5. The standard InChI is InChI=1S/C12H14N2S3/c13-8-3-1-7(2-4-8)11-9(15)5-12(14,17)6-10(11)16/h1-5,15-17H,6,13-14H2. The van der Waals surface area contributed by atoms with Crippen molar-refractivity contribution in [1.29, 1.82) is 0 Å². The lowest BCUT2D eigenvalue weighted by atomic mass is 9.96. The third kappa shape index (κ3) is 2.85. The van der Waals surface area contributed by atoms with Crippen LogP contribution in [0.2, 0.25) is 0 Å². The Balaban J connectivity index is 2.46. The molecule has 0 heterocycles. The van der Waals surface area contributed by atoms with Gasteiger partial charge in [0.15, 0.2) is 0 Å². The van der Waals surface area contributed by atoms with Gasteiger partial charge in [0, 0.05) is 22.6 Å². The van der Waals surface area contributed by atoms with Gasteiger partial charge in [-0.2, -0.15) is 12.6 Å². The maximum atomic E-state index is 5.96. The summed E-state index contributed by atoms with van der Waals surface area (Å²) in [5.74, 6) is 0. The van der Waals surface area contributed by atoms with E-state index in [-0.39, 0.29) is 0 Å². The van der Waals surface area contributed by atoms with Crippen molar-refractivity contribution in [3.63, 3.8) is 0 Å². The molecule has 1 aliphatic rings. The summed E-state index contributed by atoms with van der Waals surface area (Å²) in [4.78, 5) is 1.01. The van der Waals surface area contributed by atoms with Crippen molar-refractivity contribution in [2.24, 2.45) is 5.73 Å². The maximum Gasteiger partial charge on any atom is 0.0837 e. The van der Waals surface area contributed by atoms with Gasteiger partial charge < -0.3 is 11.5 Å². The normalized spacial score (nSPS) is 24.8. The lowest BCUT2D eigenvalue weighted by molar-refractivity contribution is 0.759. The lowest BCUT2D eigenvalue weighted by Crippen LogP contribution is -2.33. The first-order valence-electron chi connectivity index (χ1n) is 5.10. The third-order valence-electron chi connectivity index (χ3n) is 2.58. The predicted molar refractivity (Wildman–Crippen MR) is 84.4 cm³/mol. The van der Waals surface area contributed by atoms with Crippen LogP contribution in [0, 0.1) is 0 Å². The van der Waals surface area contributed by atoms with E-state index >= 15 is 0 Å². The van der Waals surface area contributed by atoms with Gasteiger partial charge in [0.25, 0.3) is 0 Å². The molecule has 0 aliphatic heterocycles. The first kappa shape index (κ1) is 13.0. The number of nitrogen functional groups attached to an aromatic ring is 1. The predicted octanol–water partition coefficient (Wildman–Crippen LogP) is 2.71. The summed E-state index contributed by atoms with van der Waals surface area (Å²) in [7, 11) is 0. The van der Waals surface area contributed by atoms with Crippen molar-refractivity contribution < 1.29 is 0 Å². The summed E-state index contributed by atoms with van der Waals surface area (Å²) >= 11 is 13.3. The zero-order valence-electron chi connectivity index (χ0n) is 9.09. The van der Waals surface area contributed by atoms with Gasteiger partial charge in [-0.1, -0.05) is 12.1 Å². The quantitative estimate of drug-likeness (QED) is 0.312. The third-order valence-corrected chi connectivity index (χ3v) is 3.60. The Hall–Kier alpha value is -0.490. The Morgan fingerprint density at radius 3 is 2.24 bits per heavy atom. The van der Waals surface area contributed by atoms with E-state index in [0.717, 1.165) is 26.6 Å². The van der Waals surface area contributed by atoms with Gasteiger partial charge in [-0.15, -0.1) is 25.3 Å². The topological polar surface area (TPSA) is 52.0 Å². The van der Waals surface area contributed by atoms with Crippen LogP contribution in [0.15, 0.2) is 40.2 Å². The summed E-state index contributed by atoms with van der Waals surface area (Å²) in [5, 5.41) is 0. The lowest BCUT2D eigenvalue weighted by Gasteiger charge is -2.27. The van der Waals surface area contributed by atoms with Crippen LogP contribution in [-0.4, -0.2) is 4.87 Å². The molecular weight excluding hydrogens is 268 g/mol. The molecule has 17 heavy (non-hydrogen) atoms. The molecule has 1 unspecified atom stereocenters. The van der Waals surface area contributed by atoms with Crippen LogP contribution < -0.4 is 11.5 Å². The summed E-state index contributed by atoms with van der Waals surface area (Å²) in [6, 6.07) is 7.62. The first-order valence-corrected chi connectivity index (χ1v) is 6.45. The fourth-order valence-corrected chi connectivity index (χ4v) is 3.44. The van der Waals surface area contributed by atoms with Crippen molar-refractivity contribution in [3.05, 3.63) is 45.7 Å². The van der Waals surface area contributed by atoms with Crippen LogP contribution in [0.3, 0.4) is 0 Å². The molecule has 0 radical (unpaired) electrons. The molecule has 0 fully saturated rings. The van der Waals surface area contributed by atoms with Crippen LogP contribution in [0.25, 0.3) is 5.57 Å². The Bertz CT molecular complexity index is 501. The Morgan fingerprint density at radius 2 is 1.71 bits per heavy atom. The Morgan fingerprint density at radius 1 is 1.12 bits per heavy atom. The Kier molecular flexibility index (Phi) is 3.54. The van der Waals surface area contributed by atoms with Gasteiger partial charge in [-0.25, -0.2) is 0 Å².